The molecule has 2 N–H and O–H groups in total. The smallest absolute Gasteiger partial charge is 0.319 e. The number of halogens is 1. The number of nitrogens with one attached hydrogen (secondary N) is 2. The molecule has 0 fully saturated rings. The summed E-state index contributed by atoms with van der Waals surface area (Å²) in [4.78, 5) is 12.1. The van der Waals surface area contributed by atoms with E-state index >= 15 is 0 Å². The first-order valence-corrected chi connectivity index (χ1v) is 8.76. The van der Waals surface area contributed by atoms with Crippen LogP contribution < -0.4 is 10.6 Å². The van der Waals surface area contributed by atoms with Crippen molar-refractivity contribution in [3.8, 4) is 0 Å². The number of aromatic nitrogens is 4. The second kappa shape index (κ2) is 8.03. The molecule has 0 aliphatic carbocycles. The van der Waals surface area contributed by atoms with Crippen LogP contribution in [0.15, 0.2) is 42.7 Å². The fourth-order valence-electron chi connectivity index (χ4n) is 2.91. The van der Waals surface area contributed by atoms with Crippen LogP contribution in [0.5, 0.6) is 0 Å². The summed E-state index contributed by atoms with van der Waals surface area (Å²) in [5, 5.41) is 14.1. The third-order valence-corrected chi connectivity index (χ3v) is 4.20. The van der Waals surface area contributed by atoms with Crippen LogP contribution in [0, 0.1) is 19.7 Å². The molecule has 0 unspecified atom stereocenters. The first-order valence-electron chi connectivity index (χ1n) is 8.76. The van der Waals surface area contributed by atoms with Crippen LogP contribution in [0.2, 0.25) is 0 Å². The molecule has 0 bridgehead atoms. The van der Waals surface area contributed by atoms with E-state index in [-0.39, 0.29) is 17.9 Å². The molecule has 7 nitrogen and oxygen atoms in total. The number of benzene rings is 1. The molecular formula is C19H23FN6O. The average molecular weight is 370 g/mol. The molecule has 0 aliphatic heterocycles. The Kier molecular flexibility index (Phi) is 5.54. The number of anilines is 1. The summed E-state index contributed by atoms with van der Waals surface area (Å²) in [6.45, 7) is 6.66. The number of hydrogen-bond acceptors (Lipinski definition) is 3. The van der Waals surface area contributed by atoms with Crippen LogP contribution in [-0.4, -0.2) is 32.1 Å². The van der Waals surface area contributed by atoms with Crippen LogP contribution in [0.4, 0.5) is 14.9 Å². The predicted molar refractivity (Wildman–Crippen MR) is 101 cm³/mol. The Morgan fingerprint density at radius 1 is 1.30 bits per heavy atom. The third-order valence-electron chi connectivity index (χ3n) is 4.20. The van der Waals surface area contributed by atoms with Crippen LogP contribution in [0.25, 0.3) is 0 Å². The van der Waals surface area contributed by atoms with Gasteiger partial charge in [-0.05, 0) is 32.9 Å². The Balaban J connectivity index is 1.52. The van der Waals surface area contributed by atoms with E-state index in [9.17, 15) is 9.18 Å². The van der Waals surface area contributed by atoms with E-state index in [0.29, 0.717) is 24.3 Å². The van der Waals surface area contributed by atoms with Crippen molar-refractivity contribution in [1.82, 2.24) is 24.9 Å². The van der Waals surface area contributed by atoms with E-state index < -0.39 is 0 Å². The van der Waals surface area contributed by atoms with E-state index in [1.165, 1.54) is 12.3 Å². The van der Waals surface area contributed by atoms with Crippen LogP contribution >= 0.6 is 0 Å². The van der Waals surface area contributed by atoms with Gasteiger partial charge in [0.25, 0.3) is 0 Å². The maximum Gasteiger partial charge on any atom is 0.319 e. The summed E-state index contributed by atoms with van der Waals surface area (Å²) in [6.07, 6.45) is 3.20. The minimum Gasteiger partial charge on any atom is -0.336 e. The maximum absolute atomic E-state index is 13.7. The summed E-state index contributed by atoms with van der Waals surface area (Å²) >= 11 is 0. The van der Waals surface area contributed by atoms with Gasteiger partial charge in [0.15, 0.2) is 0 Å². The minimum absolute atomic E-state index is 0.0354. The lowest BCUT2D eigenvalue weighted by Crippen LogP contribution is -2.33. The second-order valence-electron chi connectivity index (χ2n) is 6.57. The molecule has 27 heavy (non-hydrogen) atoms. The monoisotopic (exact) mass is 370 g/mol. The topological polar surface area (TPSA) is 76.8 Å². The standard InChI is InChI=1S/C19H23FN6O/c1-13-8-14(2)26(24-13)15(3)9-21-19(27)23-17-10-22-25(12-17)11-16-6-4-5-7-18(16)20/h4-8,10,12,15H,9,11H2,1-3H3,(H2,21,23,27)/t15-/m0/s1. The molecule has 2 aromatic heterocycles. The predicted octanol–water partition coefficient (Wildman–Crippen LogP) is 3.27. The van der Waals surface area contributed by atoms with E-state index in [0.717, 1.165) is 11.4 Å². The van der Waals surface area contributed by atoms with Gasteiger partial charge in [-0.15, -0.1) is 0 Å². The number of rotatable bonds is 6. The number of carbonyl (C=O) groups is 1. The Bertz CT molecular complexity index is 932. The molecule has 0 saturated carbocycles. The molecule has 0 spiro atoms. The zero-order chi connectivity index (χ0) is 19.4. The van der Waals surface area contributed by atoms with Gasteiger partial charge in [-0.1, -0.05) is 18.2 Å². The average Bonchev–Trinajstić information content (AvgIpc) is 3.20. The normalized spacial score (nSPS) is 12.0. The molecule has 0 saturated heterocycles. The van der Waals surface area contributed by atoms with Crippen LogP contribution in [-0.2, 0) is 6.54 Å². The largest absolute Gasteiger partial charge is 0.336 e. The van der Waals surface area contributed by atoms with Crippen molar-refractivity contribution in [2.75, 3.05) is 11.9 Å². The summed E-state index contributed by atoms with van der Waals surface area (Å²) in [7, 11) is 0. The fourth-order valence-corrected chi connectivity index (χ4v) is 2.91. The zero-order valence-electron chi connectivity index (χ0n) is 15.6. The van der Waals surface area contributed by atoms with E-state index in [1.54, 1.807) is 29.1 Å². The first kappa shape index (κ1) is 18.6. The fraction of sp³-hybridized carbons (Fsp3) is 0.316. The van der Waals surface area contributed by atoms with Gasteiger partial charge in [0.2, 0.25) is 0 Å². The Hall–Kier alpha value is -3.16. The molecule has 3 aromatic rings. The highest BCUT2D eigenvalue weighted by molar-refractivity contribution is 5.88. The molecule has 142 valence electrons. The highest BCUT2D eigenvalue weighted by Gasteiger charge is 2.12. The van der Waals surface area contributed by atoms with Gasteiger partial charge in [-0.3, -0.25) is 9.36 Å². The summed E-state index contributed by atoms with van der Waals surface area (Å²) in [6, 6.07) is 8.25. The van der Waals surface area contributed by atoms with E-state index in [4.69, 9.17) is 0 Å². The SMILES string of the molecule is Cc1cc(C)n([C@@H](C)CNC(=O)Nc2cnn(Cc3ccccc3F)c2)n1. The van der Waals surface area contributed by atoms with Crippen molar-refractivity contribution in [3.63, 3.8) is 0 Å². The van der Waals surface area contributed by atoms with Gasteiger partial charge in [0, 0.05) is 24.0 Å². The molecule has 1 atom stereocenters. The van der Waals surface area contributed by atoms with Crippen molar-refractivity contribution in [3.05, 3.63) is 65.5 Å². The Morgan fingerprint density at radius 3 is 2.78 bits per heavy atom. The maximum atomic E-state index is 13.7. The minimum atomic E-state index is -0.325. The number of amides is 2. The summed E-state index contributed by atoms with van der Waals surface area (Å²) in [5.41, 5.74) is 3.08. The van der Waals surface area contributed by atoms with Gasteiger partial charge in [-0.25, -0.2) is 9.18 Å². The molecule has 3 rings (SSSR count). The lowest BCUT2D eigenvalue weighted by molar-refractivity contribution is 0.250. The molecule has 0 aliphatic rings. The molecule has 2 amide bonds. The first-order chi connectivity index (χ1) is 12.9. The van der Waals surface area contributed by atoms with Gasteiger partial charge in [0.05, 0.1) is 30.2 Å². The number of aryl methyl sites for hydroxylation is 2. The number of nitrogens with zero attached hydrogens (tertiary/aromatic N) is 4. The molecule has 0 radical (unpaired) electrons. The van der Waals surface area contributed by atoms with Crippen molar-refractivity contribution >= 4 is 11.7 Å². The lowest BCUT2D eigenvalue weighted by Gasteiger charge is -2.15. The zero-order valence-corrected chi connectivity index (χ0v) is 15.6. The second-order valence-corrected chi connectivity index (χ2v) is 6.57. The van der Waals surface area contributed by atoms with Gasteiger partial charge in [0.1, 0.15) is 5.82 Å². The van der Waals surface area contributed by atoms with Crippen molar-refractivity contribution in [2.24, 2.45) is 0 Å². The van der Waals surface area contributed by atoms with E-state index in [1.807, 2.05) is 31.5 Å². The Labute approximate surface area is 157 Å². The highest BCUT2D eigenvalue weighted by Crippen LogP contribution is 2.12. The Morgan fingerprint density at radius 2 is 2.07 bits per heavy atom. The number of carbonyl (C=O) groups excluding carboxylic acids is 1. The van der Waals surface area contributed by atoms with Crippen LogP contribution in [0.1, 0.15) is 29.9 Å². The van der Waals surface area contributed by atoms with Crippen molar-refractivity contribution < 1.29 is 9.18 Å². The summed E-state index contributed by atoms with van der Waals surface area (Å²) < 4.78 is 17.2. The van der Waals surface area contributed by atoms with E-state index in [2.05, 4.69) is 20.8 Å². The third kappa shape index (κ3) is 4.72. The lowest BCUT2D eigenvalue weighted by atomic mass is 10.2. The van der Waals surface area contributed by atoms with Crippen LogP contribution in [0.3, 0.4) is 0 Å². The van der Waals surface area contributed by atoms with Crippen molar-refractivity contribution in [1.29, 1.82) is 0 Å². The van der Waals surface area contributed by atoms with Gasteiger partial charge >= 0.3 is 6.03 Å². The molecular weight excluding hydrogens is 347 g/mol. The molecule has 8 heteroatoms. The summed E-state index contributed by atoms with van der Waals surface area (Å²) in [5.74, 6) is -0.279. The quantitative estimate of drug-likeness (QED) is 0.699. The number of hydrogen-bond donors (Lipinski definition) is 2. The molecule has 2 heterocycles. The molecule has 1 aromatic carbocycles. The highest BCUT2D eigenvalue weighted by atomic mass is 19.1. The van der Waals surface area contributed by atoms with Gasteiger partial charge in [-0.2, -0.15) is 10.2 Å². The van der Waals surface area contributed by atoms with Gasteiger partial charge < -0.3 is 10.6 Å². The van der Waals surface area contributed by atoms with Crippen molar-refractivity contribution in [2.45, 2.75) is 33.4 Å². The number of urea groups is 1.